The Morgan fingerprint density at radius 2 is 1.83 bits per heavy atom. The maximum Gasteiger partial charge on any atom is 0.257 e. The average Bonchev–Trinajstić information content (AvgIpc) is 3.14. The molecule has 0 bridgehead atoms. The minimum Gasteiger partial charge on any atom is -0.507 e. The molecule has 4 rings (SSSR count). The summed E-state index contributed by atoms with van der Waals surface area (Å²) in [4.78, 5) is 27.9. The number of phenolic OH excluding ortho intramolecular Hbond substituents is 1. The van der Waals surface area contributed by atoms with Crippen molar-refractivity contribution in [3.8, 4) is 5.75 Å². The third-order valence-corrected chi connectivity index (χ3v) is 5.73. The number of carbonyl (C=O) groups is 2. The molecule has 5 nitrogen and oxygen atoms in total. The molecule has 0 spiro atoms. The van der Waals surface area contributed by atoms with Crippen molar-refractivity contribution in [2.24, 2.45) is 0 Å². The zero-order chi connectivity index (χ0) is 20.5. The van der Waals surface area contributed by atoms with Crippen molar-refractivity contribution < 1.29 is 23.5 Å². The summed E-state index contributed by atoms with van der Waals surface area (Å²) in [5.74, 6) is -3.05. The van der Waals surface area contributed by atoms with Crippen LogP contribution in [0.15, 0.2) is 47.8 Å². The monoisotopic (exact) mass is 414 g/mol. The van der Waals surface area contributed by atoms with E-state index in [1.54, 1.807) is 16.2 Å². The summed E-state index contributed by atoms with van der Waals surface area (Å²) in [7, 11) is 0. The fraction of sp³-hybridized carbons (Fsp3) is 0.143. The van der Waals surface area contributed by atoms with Crippen LogP contribution in [0.3, 0.4) is 0 Å². The Labute approximate surface area is 169 Å². The summed E-state index contributed by atoms with van der Waals surface area (Å²) in [5.41, 5.74) is 1.24. The number of rotatable bonds is 3. The Kier molecular flexibility index (Phi) is 5.02. The van der Waals surface area contributed by atoms with Crippen molar-refractivity contribution >= 4 is 28.8 Å². The number of benzene rings is 2. The maximum atomic E-state index is 13.3. The van der Waals surface area contributed by atoms with E-state index in [2.05, 4.69) is 5.32 Å². The van der Waals surface area contributed by atoms with Gasteiger partial charge in [0, 0.05) is 41.4 Å². The molecule has 0 saturated carbocycles. The Bertz CT molecular complexity index is 1090. The van der Waals surface area contributed by atoms with Gasteiger partial charge in [-0.1, -0.05) is 0 Å². The minimum absolute atomic E-state index is 0.124. The molecular formula is C21H16F2N2O3S. The number of carbonyl (C=O) groups excluding carboxylic acids is 2. The summed E-state index contributed by atoms with van der Waals surface area (Å²) in [6.45, 7) is 1.05. The van der Waals surface area contributed by atoms with Crippen LogP contribution in [0.4, 0.5) is 14.5 Å². The Balaban J connectivity index is 1.49. The van der Waals surface area contributed by atoms with E-state index in [1.165, 1.54) is 23.1 Å². The van der Waals surface area contributed by atoms with Crippen molar-refractivity contribution in [3.05, 3.63) is 81.0 Å². The first-order valence-corrected chi connectivity index (χ1v) is 9.73. The van der Waals surface area contributed by atoms with Gasteiger partial charge in [0.1, 0.15) is 17.4 Å². The lowest BCUT2D eigenvalue weighted by Gasteiger charge is -2.27. The van der Waals surface area contributed by atoms with E-state index >= 15 is 0 Å². The zero-order valence-corrected chi connectivity index (χ0v) is 15.9. The van der Waals surface area contributed by atoms with Crippen LogP contribution in [0.25, 0.3) is 0 Å². The molecule has 1 aliphatic rings. The molecule has 2 amide bonds. The van der Waals surface area contributed by atoms with Crippen molar-refractivity contribution in [2.45, 2.75) is 13.0 Å². The third kappa shape index (κ3) is 3.97. The van der Waals surface area contributed by atoms with Crippen LogP contribution in [0, 0.1) is 11.6 Å². The number of thiophene rings is 1. The molecule has 0 atom stereocenters. The summed E-state index contributed by atoms with van der Waals surface area (Å²) in [6.07, 6.45) is 0.776. The molecule has 0 aliphatic carbocycles. The molecular weight excluding hydrogens is 398 g/mol. The van der Waals surface area contributed by atoms with Crippen LogP contribution >= 0.6 is 11.3 Å². The van der Waals surface area contributed by atoms with Crippen LogP contribution in [-0.4, -0.2) is 28.4 Å². The summed E-state index contributed by atoms with van der Waals surface area (Å²) >= 11 is 1.67. The van der Waals surface area contributed by atoms with Crippen LogP contribution in [0.2, 0.25) is 0 Å². The minimum atomic E-state index is -0.866. The molecule has 2 aromatic carbocycles. The van der Waals surface area contributed by atoms with Gasteiger partial charge in [-0.15, -0.1) is 11.3 Å². The predicted molar refractivity (Wildman–Crippen MR) is 105 cm³/mol. The molecule has 0 saturated heterocycles. The second-order valence-electron chi connectivity index (χ2n) is 6.69. The average molecular weight is 414 g/mol. The van der Waals surface area contributed by atoms with Gasteiger partial charge in [-0.2, -0.15) is 0 Å². The van der Waals surface area contributed by atoms with Crippen LogP contribution < -0.4 is 5.32 Å². The Morgan fingerprint density at radius 1 is 1.07 bits per heavy atom. The highest BCUT2D eigenvalue weighted by atomic mass is 32.1. The molecule has 0 radical (unpaired) electrons. The van der Waals surface area contributed by atoms with E-state index in [4.69, 9.17) is 0 Å². The van der Waals surface area contributed by atoms with Gasteiger partial charge < -0.3 is 15.3 Å². The molecule has 3 aromatic rings. The second kappa shape index (κ2) is 7.63. The zero-order valence-electron chi connectivity index (χ0n) is 15.1. The molecule has 0 unspecified atom stereocenters. The quantitative estimate of drug-likeness (QED) is 0.676. The van der Waals surface area contributed by atoms with Gasteiger partial charge in [0.05, 0.1) is 5.56 Å². The van der Waals surface area contributed by atoms with Gasteiger partial charge in [0.2, 0.25) is 0 Å². The van der Waals surface area contributed by atoms with E-state index in [0.717, 1.165) is 24.1 Å². The van der Waals surface area contributed by atoms with Gasteiger partial charge in [0.25, 0.3) is 11.8 Å². The van der Waals surface area contributed by atoms with E-state index in [1.807, 2.05) is 11.4 Å². The maximum absolute atomic E-state index is 13.3. The van der Waals surface area contributed by atoms with Gasteiger partial charge in [-0.25, -0.2) is 8.78 Å². The highest BCUT2D eigenvalue weighted by Gasteiger charge is 2.24. The SMILES string of the molecule is O=C(Nc1ccc(C(=O)N2CCc3sccc3C2)c(O)c1)c1cc(F)cc(F)c1. The number of halogens is 2. The molecule has 2 heterocycles. The van der Waals surface area contributed by atoms with Gasteiger partial charge in [-0.3, -0.25) is 9.59 Å². The number of fused-ring (bicyclic) bond motifs is 1. The summed E-state index contributed by atoms with van der Waals surface area (Å²) < 4.78 is 26.6. The number of nitrogens with zero attached hydrogens (tertiary/aromatic N) is 1. The van der Waals surface area contributed by atoms with Gasteiger partial charge >= 0.3 is 0 Å². The first kappa shape index (κ1) is 19.1. The number of hydrogen-bond donors (Lipinski definition) is 2. The fourth-order valence-corrected chi connectivity index (χ4v) is 4.16. The van der Waals surface area contributed by atoms with E-state index < -0.39 is 17.5 Å². The Morgan fingerprint density at radius 3 is 2.55 bits per heavy atom. The highest BCUT2D eigenvalue weighted by Crippen LogP contribution is 2.28. The number of phenols is 1. The first-order valence-electron chi connectivity index (χ1n) is 8.85. The number of hydrogen-bond acceptors (Lipinski definition) is 4. The molecule has 29 heavy (non-hydrogen) atoms. The topological polar surface area (TPSA) is 69.6 Å². The van der Waals surface area contributed by atoms with Crippen LogP contribution in [0.5, 0.6) is 5.75 Å². The Hall–Kier alpha value is -3.26. The highest BCUT2D eigenvalue weighted by molar-refractivity contribution is 7.10. The van der Waals surface area contributed by atoms with Gasteiger partial charge in [0.15, 0.2) is 0 Å². The summed E-state index contributed by atoms with van der Waals surface area (Å²) in [5, 5.41) is 14.8. The number of amides is 2. The lowest BCUT2D eigenvalue weighted by molar-refractivity contribution is 0.0732. The van der Waals surface area contributed by atoms with Gasteiger partial charge in [-0.05, 0) is 47.7 Å². The normalized spacial score (nSPS) is 13.1. The van der Waals surface area contributed by atoms with E-state index in [0.29, 0.717) is 19.2 Å². The molecule has 148 valence electrons. The predicted octanol–water partition coefficient (Wildman–Crippen LogP) is 4.18. The second-order valence-corrected chi connectivity index (χ2v) is 7.69. The van der Waals surface area contributed by atoms with E-state index in [9.17, 15) is 23.5 Å². The lowest BCUT2D eigenvalue weighted by Crippen LogP contribution is -2.35. The first-order chi connectivity index (χ1) is 13.9. The van der Waals surface area contributed by atoms with Crippen molar-refractivity contribution in [1.29, 1.82) is 0 Å². The van der Waals surface area contributed by atoms with Crippen molar-refractivity contribution in [2.75, 3.05) is 11.9 Å². The van der Waals surface area contributed by atoms with E-state index in [-0.39, 0.29) is 28.5 Å². The molecule has 8 heteroatoms. The number of anilines is 1. The molecule has 2 N–H and O–H groups in total. The van der Waals surface area contributed by atoms with Crippen LogP contribution in [-0.2, 0) is 13.0 Å². The lowest BCUT2D eigenvalue weighted by atomic mass is 10.1. The third-order valence-electron chi connectivity index (χ3n) is 4.71. The largest absolute Gasteiger partial charge is 0.507 e. The molecule has 0 fully saturated rings. The summed E-state index contributed by atoms with van der Waals surface area (Å²) in [6, 6.07) is 8.59. The van der Waals surface area contributed by atoms with Crippen molar-refractivity contribution in [1.82, 2.24) is 4.90 Å². The number of aromatic hydroxyl groups is 1. The van der Waals surface area contributed by atoms with Crippen molar-refractivity contribution in [3.63, 3.8) is 0 Å². The molecule has 1 aromatic heterocycles. The standard InChI is InChI=1S/C21H16F2N2O3S/c22-14-7-13(8-15(23)9-14)20(27)24-16-1-2-17(18(26)10-16)21(28)25-5-3-19-12(11-25)4-6-29-19/h1-2,4,6-10,26H,3,5,11H2,(H,24,27). The smallest absolute Gasteiger partial charge is 0.257 e. The molecule has 1 aliphatic heterocycles. The van der Waals surface area contributed by atoms with Crippen LogP contribution in [0.1, 0.15) is 31.2 Å². The number of nitrogens with one attached hydrogen (secondary N) is 1. The fourth-order valence-electron chi connectivity index (χ4n) is 3.27.